The van der Waals surface area contributed by atoms with Crippen molar-refractivity contribution in [2.45, 2.75) is 243 Å². The van der Waals surface area contributed by atoms with Crippen LogP contribution < -0.4 is 21.3 Å². The van der Waals surface area contributed by atoms with Gasteiger partial charge in [0.1, 0.15) is 53.9 Å². The Morgan fingerprint density at radius 1 is 0.652 bits per heavy atom. The van der Waals surface area contributed by atoms with Crippen molar-refractivity contribution < 1.29 is 65.9 Å². The summed E-state index contributed by atoms with van der Waals surface area (Å²) in [4.78, 5) is 170. The van der Waals surface area contributed by atoms with Crippen LogP contribution in [0.3, 0.4) is 0 Å². The normalized spacial score (nSPS) is 28.0. The topological polar surface area (TPSA) is 259 Å². The van der Waals surface area contributed by atoms with Gasteiger partial charge in [0.25, 0.3) is 0 Å². The third-order valence-corrected chi connectivity index (χ3v) is 20.4. The number of amides is 11. The van der Waals surface area contributed by atoms with Crippen LogP contribution in [-0.2, 0) is 65.3 Å². The molecule has 22 nitrogen and oxygen atoms in total. The Morgan fingerprint density at radius 3 is 1.89 bits per heavy atom. The summed E-state index contributed by atoms with van der Waals surface area (Å²) in [5.74, 6) is -7.40. The molecule has 10 atom stereocenters. The van der Waals surface area contributed by atoms with Crippen LogP contribution in [0.5, 0.6) is 0 Å². The number of alkyl halides is 3. The van der Waals surface area contributed by atoms with Gasteiger partial charge in [-0.05, 0) is 107 Å². The zero-order valence-electron chi connectivity index (χ0n) is 56.1. The molecule has 1 aromatic rings. The number of halogens is 4. The third-order valence-electron chi connectivity index (χ3n) is 20.1. The number of aryl methyl sites for hydroxylation is 1. The highest BCUT2D eigenvalue weighted by Crippen LogP contribution is 2.37. The fraction of sp³-hybridized carbons (Fsp3) is 0.742. The molecule has 5 aliphatic rings. The van der Waals surface area contributed by atoms with Gasteiger partial charge >= 0.3 is 6.18 Å². The number of benzene rings is 1. The summed E-state index contributed by atoms with van der Waals surface area (Å²) in [6, 6.07) is -6.64. The lowest BCUT2D eigenvalue weighted by Gasteiger charge is -2.45. The first-order valence-corrected chi connectivity index (χ1v) is 33.7. The number of carbonyl (C=O) groups excluding carboxylic acids is 11. The molecule has 11 amide bonds. The van der Waals surface area contributed by atoms with Gasteiger partial charge in [-0.1, -0.05) is 116 Å². The van der Waals surface area contributed by atoms with Crippen LogP contribution in [0.15, 0.2) is 18.2 Å². The standard InChI is InChI=1S/C66H101ClF3N11O11/c1-13-15-24-48-56(84)73-54(40(5)14-2)63(91)76(9)42(7)59(87)81-34-30-50(81)62(90)78(11)51(37-43-22-17-16-18-23-43)61(89)75(8)38-52(82)72-47(29-27-44-26-28-45(46(67)36-44)66(68,69)70)60(88)80-33-21-25-49(80)57(85)74-65(31-19-20-32-65)64(92)79(12)55(39(3)4)58(86)71-41(6)35-53(83)77(48)10/h26,28,36,39-43,47-51,54-55H,13-25,27,29-35,37-38H2,1-12H3,(H,71,86)(H,72,82)(H,73,84)(H,74,85)/t40-,41+,42-,47-,48-,49-,50-,51-,54-,55-/m0/s1. The highest BCUT2D eigenvalue weighted by atomic mass is 35.5. The van der Waals surface area contributed by atoms with Crippen molar-refractivity contribution in [1.29, 1.82) is 0 Å². The number of carbonyl (C=O) groups is 11. The second kappa shape index (κ2) is 32.5. The molecule has 3 saturated heterocycles. The Kier molecular flexibility index (Phi) is 26.4. The molecule has 0 bridgehead atoms. The highest BCUT2D eigenvalue weighted by molar-refractivity contribution is 6.31. The van der Waals surface area contributed by atoms with E-state index in [0.717, 1.165) is 49.1 Å². The van der Waals surface area contributed by atoms with Gasteiger partial charge in [0.15, 0.2) is 0 Å². The van der Waals surface area contributed by atoms with E-state index >= 15 is 9.59 Å². The lowest BCUT2D eigenvalue weighted by atomic mass is 9.84. The summed E-state index contributed by atoms with van der Waals surface area (Å²) in [5, 5.41) is 11.0. The predicted octanol–water partition coefficient (Wildman–Crippen LogP) is 5.84. The molecule has 1 aromatic carbocycles. The van der Waals surface area contributed by atoms with E-state index in [2.05, 4.69) is 21.3 Å². The Balaban J connectivity index is 1.37. The lowest BCUT2D eigenvalue weighted by Crippen LogP contribution is -2.65. The average Bonchev–Trinajstić information content (AvgIpc) is 0.986. The summed E-state index contributed by atoms with van der Waals surface area (Å²) >= 11 is 6.13. The number of hydrogen-bond donors (Lipinski definition) is 4. The van der Waals surface area contributed by atoms with Crippen molar-refractivity contribution in [3.63, 3.8) is 0 Å². The predicted molar refractivity (Wildman–Crippen MR) is 340 cm³/mol. The van der Waals surface area contributed by atoms with E-state index in [-0.39, 0.29) is 76.8 Å². The molecule has 92 heavy (non-hydrogen) atoms. The van der Waals surface area contributed by atoms with E-state index in [4.69, 9.17) is 11.6 Å². The van der Waals surface area contributed by atoms with Gasteiger partial charge in [-0.3, -0.25) is 52.7 Å². The minimum absolute atomic E-state index is 0.0395. The molecule has 2 aliphatic carbocycles. The van der Waals surface area contributed by atoms with Crippen molar-refractivity contribution in [1.82, 2.24) is 55.6 Å². The van der Waals surface area contributed by atoms with E-state index in [1.54, 1.807) is 27.7 Å². The van der Waals surface area contributed by atoms with Crippen molar-refractivity contribution in [2.24, 2.45) is 17.8 Å². The number of nitrogens with zero attached hydrogens (tertiary/aromatic N) is 7. The molecule has 0 radical (unpaired) electrons. The number of nitrogens with one attached hydrogen (secondary N) is 4. The zero-order valence-corrected chi connectivity index (χ0v) is 56.8. The van der Waals surface area contributed by atoms with Crippen LogP contribution in [0.1, 0.15) is 182 Å². The first kappa shape index (κ1) is 74.5. The maximum atomic E-state index is 15.0. The number of fused-ring (bicyclic) bond motifs is 2. The third kappa shape index (κ3) is 17.8. The fourth-order valence-electron chi connectivity index (χ4n) is 13.9. The molecule has 6 rings (SSSR count). The Bertz CT molecular complexity index is 2850. The maximum absolute atomic E-state index is 15.0. The molecule has 5 fully saturated rings. The van der Waals surface area contributed by atoms with Crippen LogP contribution in [0.25, 0.3) is 0 Å². The van der Waals surface area contributed by atoms with Gasteiger partial charge in [0.05, 0.1) is 17.1 Å². The summed E-state index contributed by atoms with van der Waals surface area (Å²) in [6.07, 6.45) is 3.67. The molecule has 1 spiro atoms. The SMILES string of the molecule is CCCC[C@H]1C(=O)N[C@@H]([C@@H](C)CC)C(=O)N(C)[C@@H](C)C(=O)N2CC[C@H]2C(=O)N(C)[C@@H](CC2CCCCC2)C(=O)N(C)CC(=O)N[C@@H](CCc2ccc(C(F)(F)F)c(Cl)c2)C(=O)N2CCC[C@H]2C(=O)NC2(CCCC2)C(=O)N(C)[C@@H](C(C)C)C(=O)N[C@H](C)CC(=O)N1C. The van der Waals surface area contributed by atoms with Crippen LogP contribution >= 0.6 is 11.6 Å². The molecule has 0 aromatic heterocycles. The molecule has 4 N–H and O–H groups in total. The van der Waals surface area contributed by atoms with Crippen molar-refractivity contribution in [2.75, 3.05) is 54.9 Å². The molecular formula is C66H101ClF3N11O11. The fourth-order valence-corrected chi connectivity index (χ4v) is 14.3. The monoisotopic (exact) mass is 1320 g/mol. The summed E-state index contributed by atoms with van der Waals surface area (Å²) in [5.41, 5.74) is -2.24. The molecule has 514 valence electrons. The average molecular weight is 1320 g/mol. The Labute approximate surface area is 545 Å². The smallest absolute Gasteiger partial charge is 0.351 e. The van der Waals surface area contributed by atoms with E-state index < -0.39 is 160 Å². The summed E-state index contributed by atoms with van der Waals surface area (Å²) in [6.45, 7) is 11.9. The second-order valence-electron chi connectivity index (χ2n) is 27.1. The minimum atomic E-state index is -4.74. The van der Waals surface area contributed by atoms with Gasteiger partial charge in [-0.25, -0.2) is 0 Å². The highest BCUT2D eigenvalue weighted by Gasteiger charge is 2.50. The first-order valence-electron chi connectivity index (χ1n) is 33.3. The Morgan fingerprint density at radius 2 is 1.30 bits per heavy atom. The molecule has 2 saturated carbocycles. The largest absolute Gasteiger partial charge is 0.417 e. The first-order chi connectivity index (χ1) is 43.3. The zero-order chi connectivity index (χ0) is 68.3. The van der Waals surface area contributed by atoms with E-state index in [9.17, 15) is 56.3 Å². The quantitative estimate of drug-likeness (QED) is 0.205. The number of hydrogen-bond acceptors (Lipinski definition) is 11. The van der Waals surface area contributed by atoms with Gasteiger partial charge in [-0.2, -0.15) is 13.2 Å². The van der Waals surface area contributed by atoms with Crippen LogP contribution in [0.4, 0.5) is 13.2 Å². The number of likely N-dealkylation sites (N-methyl/N-ethyl adjacent to an activating group) is 5. The van der Waals surface area contributed by atoms with Gasteiger partial charge in [0.2, 0.25) is 65.0 Å². The lowest BCUT2D eigenvalue weighted by molar-refractivity contribution is -0.160. The van der Waals surface area contributed by atoms with E-state index in [1.165, 1.54) is 77.6 Å². The maximum Gasteiger partial charge on any atom is 0.417 e. The van der Waals surface area contributed by atoms with Crippen molar-refractivity contribution in [3.8, 4) is 0 Å². The van der Waals surface area contributed by atoms with Gasteiger partial charge in [0, 0.05) is 60.8 Å². The van der Waals surface area contributed by atoms with Crippen molar-refractivity contribution in [3.05, 3.63) is 34.3 Å². The van der Waals surface area contributed by atoms with Gasteiger partial charge in [-0.15, -0.1) is 0 Å². The summed E-state index contributed by atoms with van der Waals surface area (Å²) in [7, 11) is 7.31. The Hall–Kier alpha value is -6.53. The van der Waals surface area contributed by atoms with E-state index in [0.29, 0.717) is 44.1 Å². The molecule has 26 heteroatoms. The second-order valence-corrected chi connectivity index (χ2v) is 27.5. The molecule has 3 aliphatic heterocycles. The van der Waals surface area contributed by atoms with Gasteiger partial charge < -0.3 is 55.6 Å². The molecule has 3 heterocycles. The minimum Gasteiger partial charge on any atom is -0.351 e. The molecular weight excluding hydrogens is 1220 g/mol. The van der Waals surface area contributed by atoms with E-state index in [1.807, 2.05) is 13.8 Å². The van der Waals surface area contributed by atoms with Crippen LogP contribution in [0.2, 0.25) is 5.02 Å². The van der Waals surface area contributed by atoms with Crippen LogP contribution in [-0.4, -0.2) is 214 Å². The number of rotatable bonds is 11. The number of unbranched alkanes of at least 4 members (excludes halogenated alkanes) is 1. The molecule has 0 unspecified atom stereocenters. The van der Waals surface area contributed by atoms with Crippen LogP contribution in [0, 0.1) is 17.8 Å². The summed E-state index contributed by atoms with van der Waals surface area (Å²) < 4.78 is 41.4. The van der Waals surface area contributed by atoms with Crippen molar-refractivity contribution >= 4 is 76.6 Å².